The van der Waals surface area contributed by atoms with Crippen LogP contribution in [0.3, 0.4) is 0 Å². The Hall–Kier alpha value is -2.54. The standard InChI is InChI=1S/C17H18N4O2S/c1-11-5-4-6-14(13(11)3)21-8-7-18-17(21)24-10-15(22)19-16-9-12(2)20-23-16/h4-9H,10H2,1-3H3,(H,19,22). The number of thioether (sulfide) groups is 1. The molecule has 2 aromatic heterocycles. The molecule has 24 heavy (non-hydrogen) atoms. The van der Waals surface area contributed by atoms with Crippen LogP contribution in [-0.4, -0.2) is 26.4 Å². The number of anilines is 1. The van der Waals surface area contributed by atoms with Crippen LogP contribution in [0.4, 0.5) is 5.88 Å². The summed E-state index contributed by atoms with van der Waals surface area (Å²) in [6.45, 7) is 5.96. The third kappa shape index (κ3) is 3.51. The van der Waals surface area contributed by atoms with Gasteiger partial charge in [0.1, 0.15) is 0 Å². The number of nitrogens with one attached hydrogen (secondary N) is 1. The van der Waals surface area contributed by atoms with E-state index in [0.717, 1.165) is 16.5 Å². The first-order chi connectivity index (χ1) is 11.5. The van der Waals surface area contributed by atoms with E-state index in [1.807, 2.05) is 22.9 Å². The van der Waals surface area contributed by atoms with E-state index in [1.165, 1.54) is 22.9 Å². The summed E-state index contributed by atoms with van der Waals surface area (Å²) in [5, 5.41) is 7.19. The minimum absolute atomic E-state index is 0.160. The van der Waals surface area contributed by atoms with Gasteiger partial charge >= 0.3 is 0 Å². The van der Waals surface area contributed by atoms with Crippen LogP contribution in [0, 0.1) is 20.8 Å². The van der Waals surface area contributed by atoms with Gasteiger partial charge in [0.15, 0.2) is 5.16 Å². The molecule has 0 saturated carbocycles. The molecular weight excluding hydrogens is 324 g/mol. The number of nitrogens with zero attached hydrogens (tertiary/aromatic N) is 3. The van der Waals surface area contributed by atoms with E-state index in [2.05, 4.69) is 35.4 Å². The van der Waals surface area contributed by atoms with Crippen LogP contribution in [0.1, 0.15) is 16.8 Å². The van der Waals surface area contributed by atoms with E-state index in [0.29, 0.717) is 5.88 Å². The largest absolute Gasteiger partial charge is 0.338 e. The Morgan fingerprint density at radius 3 is 2.92 bits per heavy atom. The maximum atomic E-state index is 12.0. The van der Waals surface area contributed by atoms with E-state index in [4.69, 9.17) is 4.52 Å². The molecule has 6 nitrogen and oxygen atoms in total. The Morgan fingerprint density at radius 1 is 1.33 bits per heavy atom. The number of amides is 1. The number of carbonyl (C=O) groups excluding carboxylic acids is 1. The van der Waals surface area contributed by atoms with Crippen LogP contribution in [0.2, 0.25) is 0 Å². The predicted molar refractivity (Wildman–Crippen MR) is 93.6 cm³/mol. The number of aromatic nitrogens is 3. The van der Waals surface area contributed by atoms with Crippen molar-refractivity contribution >= 4 is 23.6 Å². The summed E-state index contributed by atoms with van der Waals surface area (Å²) in [4.78, 5) is 16.4. The van der Waals surface area contributed by atoms with Crippen molar-refractivity contribution in [1.82, 2.24) is 14.7 Å². The Bertz CT molecular complexity index is 869. The number of hydrogen-bond acceptors (Lipinski definition) is 5. The smallest absolute Gasteiger partial charge is 0.237 e. The highest BCUT2D eigenvalue weighted by Crippen LogP contribution is 2.24. The zero-order valence-corrected chi connectivity index (χ0v) is 14.6. The van der Waals surface area contributed by atoms with Gasteiger partial charge in [-0.25, -0.2) is 4.98 Å². The Balaban J connectivity index is 1.70. The molecule has 3 aromatic rings. The van der Waals surface area contributed by atoms with E-state index >= 15 is 0 Å². The van der Waals surface area contributed by atoms with E-state index < -0.39 is 0 Å². The van der Waals surface area contributed by atoms with Crippen molar-refractivity contribution in [2.24, 2.45) is 0 Å². The zero-order valence-electron chi connectivity index (χ0n) is 13.7. The highest BCUT2D eigenvalue weighted by atomic mass is 32.2. The molecule has 7 heteroatoms. The van der Waals surface area contributed by atoms with Crippen molar-refractivity contribution in [2.45, 2.75) is 25.9 Å². The van der Waals surface area contributed by atoms with Crippen LogP contribution in [0.5, 0.6) is 0 Å². The van der Waals surface area contributed by atoms with E-state index in [-0.39, 0.29) is 11.7 Å². The van der Waals surface area contributed by atoms with Gasteiger partial charge in [-0.05, 0) is 38.0 Å². The van der Waals surface area contributed by atoms with E-state index in [1.54, 1.807) is 19.2 Å². The number of rotatable bonds is 5. The van der Waals surface area contributed by atoms with Crippen molar-refractivity contribution in [2.75, 3.05) is 11.1 Å². The van der Waals surface area contributed by atoms with Crippen molar-refractivity contribution in [3.63, 3.8) is 0 Å². The summed E-state index contributed by atoms with van der Waals surface area (Å²) in [5.74, 6) is 0.435. The number of imidazole rings is 1. The van der Waals surface area contributed by atoms with Gasteiger partial charge in [-0.2, -0.15) is 0 Å². The highest BCUT2D eigenvalue weighted by molar-refractivity contribution is 7.99. The molecule has 2 heterocycles. The topological polar surface area (TPSA) is 73.0 Å². The molecule has 124 valence electrons. The fourth-order valence-corrected chi connectivity index (χ4v) is 3.07. The lowest BCUT2D eigenvalue weighted by Crippen LogP contribution is -2.14. The Morgan fingerprint density at radius 2 is 2.17 bits per heavy atom. The van der Waals surface area contributed by atoms with Crippen LogP contribution >= 0.6 is 11.8 Å². The minimum atomic E-state index is -0.160. The first kappa shape index (κ1) is 16.3. The number of aryl methyl sites for hydroxylation is 2. The van der Waals surface area contributed by atoms with Gasteiger partial charge in [-0.3, -0.25) is 14.7 Å². The van der Waals surface area contributed by atoms with Crippen molar-refractivity contribution in [1.29, 1.82) is 0 Å². The van der Waals surface area contributed by atoms with Crippen LogP contribution in [0.25, 0.3) is 5.69 Å². The zero-order chi connectivity index (χ0) is 17.1. The van der Waals surface area contributed by atoms with Gasteiger partial charge in [0.05, 0.1) is 17.1 Å². The molecule has 0 spiro atoms. The van der Waals surface area contributed by atoms with Crippen LogP contribution in [0.15, 0.2) is 46.3 Å². The average Bonchev–Trinajstić information content (AvgIpc) is 3.17. The summed E-state index contributed by atoms with van der Waals surface area (Å²) < 4.78 is 6.98. The monoisotopic (exact) mass is 342 g/mol. The maximum Gasteiger partial charge on any atom is 0.237 e. The molecule has 0 aliphatic rings. The van der Waals surface area contributed by atoms with Crippen molar-refractivity contribution < 1.29 is 9.32 Å². The molecule has 0 aliphatic carbocycles. The molecular formula is C17H18N4O2S. The van der Waals surface area contributed by atoms with Crippen LogP contribution in [-0.2, 0) is 4.79 Å². The van der Waals surface area contributed by atoms with Gasteiger partial charge in [0, 0.05) is 18.5 Å². The van der Waals surface area contributed by atoms with Gasteiger partial charge < -0.3 is 4.52 Å². The molecule has 0 aliphatic heterocycles. The Kier molecular flexibility index (Phi) is 4.71. The fourth-order valence-electron chi connectivity index (χ4n) is 2.30. The van der Waals surface area contributed by atoms with E-state index in [9.17, 15) is 4.79 Å². The first-order valence-corrected chi connectivity index (χ1v) is 8.49. The van der Waals surface area contributed by atoms with Crippen molar-refractivity contribution in [3.8, 4) is 5.69 Å². The van der Waals surface area contributed by atoms with Gasteiger partial charge in [-0.15, -0.1) is 0 Å². The number of benzene rings is 1. The van der Waals surface area contributed by atoms with Gasteiger partial charge in [0.25, 0.3) is 0 Å². The lowest BCUT2D eigenvalue weighted by atomic mass is 10.1. The lowest BCUT2D eigenvalue weighted by Gasteiger charge is -2.12. The van der Waals surface area contributed by atoms with Gasteiger partial charge in [-0.1, -0.05) is 29.1 Å². The van der Waals surface area contributed by atoms with Crippen molar-refractivity contribution in [3.05, 3.63) is 53.5 Å². The normalized spacial score (nSPS) is 10.8. The molecule has 0 saturated heterocycles. The molecule has 3 rings (SSSR count). The molecule has 1 N–H and O–H groups in total. The molecule has 0 fully saturated rings. The summed E-state index contributed by atoms with van der Waals surface area (Å²) in [7, 11) is 0. The summed E-state index contributed by atoms with van der Waals surface area (Å²) in [5.41, 5.74) is 4.21. The second kappa shape index (κ2) is 6.92. The second-order valence-corrected chi connectivity index (χ2v) is 6.41. The van der Waals surface area contributed by atoms with Crippen LogP contribution < -0.4 is 5.32 Å². The summed E-state index contributed by atoms with van der Waals surface area (Å²) >= 11 is 1.37. The quantitative estimate of drug-likeness (QED) is 0.718. The SMILES string of the molecule is Cc1cc(NC(=O)CSc2nccn2-c2cccc(C)c2C)on1. The molecule has 0 radical (unpaired) electrons. The number of hydrogen-bond donors (Lipinski definition) is 1. The summed E-state index contributed by atoms with van der Waals surface area (Å²) in [6.07, 6.45) is 3.64. The fraction of sp³-hybridized carbons (Fsp3) is 0.235. The summed E-state index contributed by atoms with van der Waals surface area (Å²) in [6, 6.07) is 7.82. The second-order valence-electron chi connectivity index (χ2n) is 5.47. The predicted octanol–water partition coefficient (Wildman–Crippen LogP) is 3.52. The molecule has 1 amide bonds. The maximum absolute atomic E-state index is 12.0. The third-order valence-corrected chi connectivity index (χ3v) is 4.63. The molecule has 0 unspecified atom stereocenters. The third-order valence-electron chi connectivity index (χ3n) is 3.67. The highest BCUT2D eigenvalue weighted by Gasteiger charge is 2.12. The Labute approximate surface area is 144 Å². The minimum Gasteiger partial charge on any atom is -0.338 e. The lowest BCUT2D eigenvalue weighted by molar-refractivity contribution is -0.113. The van der Waals surface area contributed by atoms with Gasteiger partial charge in [0.2, 0.25) is 11.8 Å². The molecule has 0 atom stereocenters. The molecule has 1 aromatic carbocycles. The number of carbonyl (C=O) groups is 1. The molecule has 0 bridgehead atoms. The average molecular weight is 342 g/mol. The first-order valence-electron chi connectivity index (χ1n) is 7.50.